The van der Waals surface area contributed by atoms with Gasteiger partial charge in [-0.1, -0.05) is 35.9 Å². The summed E-state index contributed by atoms with van der Waals surface area (Å²) in [4.78, 5) is 26.1. The zero-order chi connectivity index (χ0) is 27.3. The normalized spacial score (nSPS) is 11.1. The molecule has 0 aliphatic carbocycles. The number of carbonyl (C=O) groups is 2. The molecule has 0 fully saturated rings. The summed E-state index contributed by atoms with van der Waals surface area (Å²) in [5.74, 6) is -0.411. The van der Waals surface area contributed by atoms with Gasteiger partial charge in [0.1, 0.15) is 12.3 Å². The van der Waals surface area contributed by atoms with Crippen molar-refractivity contribution in [3.05, 3.63) is 113 Å². The van der Waals surface area contributed by atoms with E-state index in [4.69, 9.17) is 4.42 Å². The average molecular weight is 532 g/mol. The number of aryl methyl sites for hydroxylation is 3. The van der Waals surface area contributed by atoms with Crippen LogP contribution in [0.4, 0.5) is 11.4 Å². The van der Waals surface area contributed by atoms with E-state index < -0.39 is 28.4 Å². The van der Waals surface area contributed by atoms with E-state index >= 15 is 0 Å². The predicted octanol–water partition coefficient (Wildman–Crippen LogP) is 4.97. The van der Waals surface area contributed by atoms with Crippen LogP contribution in [0.5, 0.6) is 0 Å². The molecule has 0 radical (unpaired) electrons. The van der Waals surface area contributed by atoms with Gasteiger partial charge in [0, 0.05) is 0 Å². The fraction of sp³-hybridized carbons (Fsp3) is 0.172. The van der Waals surface area contributed by atoms with Crippen molar-refractivity contribution in [1.29, 1.82) is 0 Å². The molecule has 1 aromatic heterocycles. The van der Waals surface area contributed by atoms with E-state index in [2.05, 4.69) is 10.6 Å². The quantitative estimate of drug-likeness (QED) is 0.317. The fourth-order valence-electron chi connectivity index (χ4n) is 3.82. The Labute approximate surface area is 222 Å². The van der Waals surface area contributed by atoms with Crippen LogP contribution in [0, 0.1) is 20.8 Å². The van der Waals surface area contributed by atoms with Gasteiger partial charge in [0.25, 0.3) is 15.9 Å². The Morgan fingerprint density at radius 1 is 0.868 bits per heavy atom. The molecule has 0 bridgehead atoms. The highest BCUT2D eigenvalue weighted by Crippen LogP contribution is 2.26. The molecule has 0 saturated heterocycles. The minimum Gasteiger partial charge on any atom is -0.467 e. The van der Waals surface area contributed by atoms with E-state index in [-0.39, 0.29) is 22.7 Å². The standard InChI is InChI=1S/C29H29N3O5S/c1-20-10-14-25(15-11-20)38(35,36)32(23-13-12-21(2)22(3)17-23)19-28(33)31-27-9-5-4-8-26(27)29(34)30-18-24-7-6-16-37-24/h4-17H,18-19H2,1-3H3,(H,30,34)(H,31,33). The lowest BCUT2D eigenvalue weighted by Gasteiger charge is -2.25. The number of nitrogens with one attached hydrogen (secondary N) is 2. The molecule has 4 rings (SSSR count). The minimum atomic E-state index is -4.07. The number of benzene rings is 3. The van der Waals surface area contributed by atoms with Gasteiger partial charge in [0.2, 0.25) is 5.91 Å². The maximum absolute atomic E-state index is 13.7. The summed E-state index contributed by atoms with van der Waals surface area (Å²) >= 11 is 0. The molecule has 0 atom stereocenters. The monoisotopic (exact) mass is 531 g/mol. The molecule has 38 heavy (non-hydrogen) atoms. The van der Waals surface area contributed by atoms with Crippen molar-refractivity contribution in [2.45, 2.75) is 32.2 Å². The molecule has 0 unspecified atom stereocenters. The van der Waals surface area contributed by atoms with Crippen molar-refractivity contribution in [3.63, 3.8) is 0 Å². The van der Waals surface area contributed by atoms with Crippen LogP contribution in [-0.4, -0.2) is 26.8 Å². The van der Waals surface area contributed by atoms with Crippen molar-refractivity contribution in [3.8, 4) is 0 Å². The highest BCUT2D eigenvalue weighted by atomic mass is 32.2. The first kappa shape index (κ1) is 26.7. The van der Waals surface area contributed by atoms with E-state index in [1.54, 1.807) is 60.7 Å². The lowest BCUT2D eigenvalue weighted by Crippen LogP contribution is -2.38. The van der Waals surface area contributed by atoms with Gasteiger partial charge >= 0.3 is 0 Å². The van der Waals surface area contributed by atoms with Gasteiger partial charge in [-0.25, -0.2) is 8.42 Å². The maximum Gasteiger partial charge on any atom is 0.264 e. The summed E-state index contributed by atoms with van der Waals surface area (Å²) in [6.45, 7) is 5.38. The van der Waals surface area contributed by atoms with E-state index in [1.165, 1.54) is 18.4 Å². The van der Waals surface area contributed by atoms with E-state index in [0.29, 0.717) is 11.4 Å². The van der Waals surface area contributed by atoms with Crippen LogP contribution in [0.25, 0.3) is 0 Å². The molecule has 8 nitrogen and oxygen atoms in total. The van der Waals surface area contributed by atoms with Crippen LogP contribution in [0.2, 0.25) is 0 Å². The van der Waals surface area contributed by atoms with Crippen LogP contribution in [0.3, 0.4) is 0 Å². The van der Waals surface area contributed by atoms with Crippen molar-refractivity contribution < 1.29 is 22.4 Å². The third-order valence-corrected chi connectivity index (χ3v) is 7.91. The van der Waals surface area contributed by atoms with Gasteiger partial charge in [0.05, 0.1) is 34.6 Å². The lowest BCUT2D eigenvalue weighted by molar-refractivity contribution is -0.114. The van der Waals surface area contributed by atoms with Crippen LogP contribution in [-0.2, 0) is 21.4 Å². The number of carbonyl (C=O) groups excluding carboxylic acids is 2. The topological polar surface area (TPSA) is 109 Å². The summed E-state index contributed by atoms with van der Waals surface area (Å²) in [6, 6.07) is 21.7. The second-order valence-electron chi connectivity index (χ2n) is 8.95. The number of amides is 2. The van der Waals surface area contributed by atoms with Crippen LogP contribution >= 0.6 is 0 Å². The molecule has 3 aromatic carbocycles. The largest absolute Gasteiger partial charge is 0.467 e. The minimum absolute atomic E-state index is 0.0758. The zero-order valence-corrected chi connectivity index (χ0v) is 22.2. The van der Waals surface area contributed by atoms with E-state index in [1.807, 2.05) is 26.8 Å². The first-order chi connectivity index (χ1) is 18.1. The zero-order valence-electron chi connectivity index (χ0n) is 21.4. The number of rotatable bonds is 9. The molecular weight excluding hydrogens is 502 g/mol. The second kappa shape index (κ2) is 11.4. The summed E-state index contributed by atoms with van der Waals surface area (Å²) in [6.07, 6.45) is 1.52. The van der Waals surface area contributed by atoms with Crippen molar-refractivity contribution >= 4 is 33.2 Å². The Balaban J connectivity index is 1.59. The molecule has 2 N–H and O–H groups in total. The number of para-hydroxylation sites is 1. The van der Waals surface area contributed by atoms with Crippen LogP contribution < -0.4 is 14.9 Å². The Kier molecular flexibility index (Phi) is 7.97. The van der Waals surface area contributed by atoms with Gasteiger partial charge in [-0.3, -0.25) is 13.9 Å². The third kappa shape index (κ3) is 6.12. The second-order valence-corrected chi connectivity index (χ2v) is 10.8. The van der Waals surface area contributed by atoms with Gasteiger partial charge < -0.3 is 15.1 Å². The number of anilines is 2. The molecule has 9 heteroatoms. The van der Waals surface area contributed by atoms with Crippen LogP contribution in [0.1, 0.15) is 32.8 Å². The smallest absolute Gasteiger partial charge is 0.264 e. The molecule has 1 heterocycles. The van der Waals surface area contributed by atoms with Gasteiger partial charge in [0.15, 0.2) is 0 Å². The molecule has 0 aliphatic heterocycles. The van der Waals surface area contributed by atoms with E-state index in [9.17, 15) is 18.0 Å². The number of hydrogen-bond donors (Lipinski definition) is 2. The Morgan fingerprint density at radius 2 is 1.61 bits per heavy atom. The maximum atomic E-state index is 13.7. The van der Waals surface area contributed by atoms with Gasteiger partial charge in [-0.2, -0.15) is 0 Å². The predicted molar refractivity (Wildman–Crippen MR) is 147 cm³/mol. The van der Waals surface area contributed by atoms with Crippen molar-refractivity contribution in [2.24, 2.45) is 0 Å². The van der Waals surface area contributed by atoms with Gasteiger partial charge in [-0.05, 0) is 80.4 Å². The van der Waals surface area contributed by atoms with Crippen molar-refractivity contribution in [1.82, 2.24) is 5.32 Å². The lowest BCUT2D eigenvalue weighted by atomic mass is 10.1. The molecule has 4 aromatic rings. The fourth-order valence-corrected chi connectivity index (χ4v) is 5.23. The number of nitrogens with zero attached hydrogens (tertiary/aromatic N) is 1. The Hall–Kier alpha value is -4.37. The third-order valence-electron chi connectivity index (χ3n) is 6.12. The molecule has 0 aliphatic rings. The molecular formula is C29H29N3O5S. The summed E-state index contributed by atoms with van der Waals surface area (Å²) in [5.41, 5.74) is 3.69. The van der Waals surface area contributed by atoms with Crippen LogP contribution in [0.15, 0.2) is 94.4 Å². The number of hydrogen-bond acceptors (Lipinski definition) is 5. The summed E-state index contributed by atoms with van der Waals surface area (Å²) in [7, 11) is -4.07. The average Bonchev–Trinajstić information content (AvgIpc) is 3.42. The highest BCUT2D eigenvalue weighted by Gasteiger charge is 2.28. The highest BCUT2D eigenvalue weighted by molar-refractivity contribution is 7.92. The first-order valence-electron chi connectivity index (χ1n) is 12.0. The number of sulfonamides is 1. The van der Waals surface area contributed by atoms with Gasteiger partial charge in [-0.15, -0.1) is 0 Å². The summed E-state index contributed by atoms with van der Waals surface area (Å²) < 4.78 is 33.7. The van der Waals surface area contributed by atoms with Crippen molar-refractivity contribution in [2.75, 3.05) is 16.2 Å². The SMILES string of the molecule is Cc1ccc(S(=O)(=O)N(CC(=O)Nc2ccccc2C(=O)NCc2ccco2)c2ccc(C)c(C)c2)cc1. The number of furan rings is 1. The molecule has 0 saturated carbocycles. The Morgan fingerprint density at radius 3 is 2.29 bits per heavy atom. The first-order valence-corrected chi connectivity index (χ1v) is 13.5. The molecule has 2 amide bonds. The molecule has 196 valence electrons. The summed E-state index contributed by atoms with van der Waals surface area (Å²) in [5, 5.41) is 5.47. The molecule has 0 spiro atoms. The Bertz CT molecular complexity index is 1550. The van der Waals surface area contributed by atoms with E-state index in [0.717, 1.165) is 21.0 Å².